The fraction of sp³-hybridized carbons (Fsp3) is 0.262. The van der Waals surface area contributed by atoms with Gasteiger partial charge in [0.25, 0.3) is 0 Å². The zero-order valence-electron chi connectivity index (χ0n) is 43.9. The van der Waals surface area contributed by atoms with Crippen LogP contribution in [-0.4, -0.2) is 14.1 Å². The summed E-state index contributed by atoms with van der Waals surface area (Å²) < 4.78 is 11.4. The van der Waals surface area contributed by atoms with Crippen LogP contribution in [0.15, 0.2) is 146 Å². The van der Waals surface area contributed by atoms with E-state index < -0.39 is 0 Å². The van der Waals surface area contributed by atoms with E-state index in [2.05, 4.69) is 261 Å². The number of hydrogen-bond acceptors (Lipinski definition) is 4. The Bertz CT molecular complexity index is 3630. The Morgan fingerprint density at radius 1 is 0.486 bits per heavy atom. The predicted octanol–water partition coefficient (Wildman–Crippen LogP) is 17.4. The van der Waals surface area contributed by atoms with Gasteiger partial charge < -0.3 is 23.7 Å². The summed E-state index contributed by atoms with van der Waals surface area (Å²) >= 11 is 0. The third-order valence-electron chi connectivity index (χ3n) is 14.4. The zero-order chi connectivity index (χ0) is 49.9. The second-order valence-electron chi connectivity index (χ2n) is 23.6. The van der Waals surface area contributed by atoms with Crippen LogP contribution in [0.5, 0.6) is 11.5 Å². The van der Waals surface area contributed by atoms with E-state index in [0.717, 1.165) is 56.0 Å². The SMILES string of the molecule is Cn1c2cc(Oc3[c-]c(N4[CH-]N(c5c(-c6ccccc6)cc(C(C)(C)C)cc5-c5cc(C(C)(C)C)cc(C(C)(C)C)c5)c5ccccc54)ccc3)[c-]c3c2c2c1cccc2n3-c1cc(C(C)(C)C)ccn1.[Pt]. The van der Waals surface area contributed by atoms with Crippen LogP contribution in [0, 0.1) is 18.8 Å². The van der Waals surface area contributed by atoms with E-state index in [1.807, 2.05) is 12.3 Å². The van der Waals surface area contributed by atoms with Crippen LogP contribution in [0.4, 0.5) is 22.7 Å². The minimum absolute atomic E-state index is 0. The van der Waals surface area contributed by atoms with Crippen LogP contribution in [0.3, 0.4) is 0 Å². The van der Waals surface area contributed by atoms with Crippen molar-refractivity contribution in [2.75, 3.05) is 9.80 Å². The number of ether oxygens (including phenoxy) is 1. The molecular formula is C65H64N5OPt-3. The molecule has 0 amide bonds. The Hall–Kier alpha value is -6.62. The molecule has 0 radical (unpaired) electrons. The Kier molecular flexibility index (Phi) is 11.9. The number of aromatic nitrogens is 3. The molecule has 11 rings (SSSR count). The quantitative estimate of drug-likeness (QED) is 0.149. The van der Waals surface area contributed by atoms with Gasteiger partial charge in [-0.3, -0.25) is 0 Å². The van der Waals surface area contributed by atoms with Crippen molar-refractivity contribution in [3.8, 4) is 39.6 Å². The smallest absolute Gasteiger partial charge is 0.135 e. The Balaban J connectivity index is 0.00000596. The number of hydrogen-bond donors (Lipinski definition) is 0. The van der Waals surface area contributed by atoms with Crippen molar-refractivity contribution in [3.63, 3.8) is 0 Å². The zero-order valence-corrected chi connectivity index (χ0v) is 46.2. The molecule has 368 valence electrons. The molecule has 1 aliphatic heterocycles. The topological polar surface area (TPSA) is 38.5 Å². The van der Waals surface area contributed by atoms with Gasteiger partial charge >= 0.3 is 0 Å². The number of fused-ring (bicyclic) bond motifs is 1. The average Bonchev–Trinajstić information content (AvgIpc) is 3.98. The molecule has 72 heavy (non-hydrogen) atoms. The predicted molar refractivity (Wildman–Crippen MR) is 298 cm³/mol. The van der Waals surface area contributed by atoms with E-state index in [4.69, 9.17) is 9.72 Å². The van der Waals surface area contributed by atoms with Crippen molar-refractivity contribution in [1.29, 1.82) is 0 Å². The molecule has 1 aliphatic rings. The van der Waals surface area contributed by atoms with Gasteiger partial charge in [0, 0.05) is 85.0 Å². The number of aryl methyl sites for hydroxylation is 1. The maximum Gasteiger partial charge on any atom is 0.135 e. The molecule has 0 atom stereocenters. The first-order valence-corrected chi connectivity index (χ1v) is 25.0. The molecule has 6 nitrogen and oxygen atoms in total. The van der Waals surface area contributed by atoms with Crippen LogP contribution in [0.25, 0.3) is 60.9 Å². The van der Waals surface area contributed by atoms with Gasteiger partial charge in [0.1, 0.15) is 5.82 Å². The number of rotatable bonds is 7. The van der Waals surface area contributed by atoms with Gasteiger partial charge in [0.2, 0.25) is 0 Å². The number of benzene rings is 7. The van der Waals surface area contributed by atoms with Crippen molar-refractivity contribution in [1.82, 2.24) is 14.1 Å². The van der Waals surface area contributed by atoms with E-state index in [-0.39, 0.29) is 42.7 Å². The minimum atomic E-state index is -0.108. The van der Waals surface area contributed by atoms with Crippen molar-refractivity contribution >= 4 is 55.6 Å². The first-order chi connectivity index (χ1) is 33.6. The van der Waals surface area contributed by atoms with Gasteiger partial charge in [-0.1, -0.05) is 166 Å². The van der Waals surface area contributed by atoms with Crippen LogP contribution >= 0.6 is 0 Å². The third kappa shape index (κ3) is 8.50. The maximum atomic E-state index is 6.88. The number of anilines is 4. The molecule has 0 saturated heterocycles. The van der Waals surface area contributed by atoms with Crippen LogP contribution in [-0.2, 0) is 49.8 Å². The Labute approximate surface area is 440 Å². The summed E-state index contributed by atoms with van der Waals surface area (Å²) in [7, 11) is 2.13. The van der Waals surface area contributed by atoms with Crippen molar-refractivity contribution < 1.29 is 25.8 Å². The van der Waals surface area contributed by atoms with E-state index in [9.17, 15) is 0 Å². The van der Waals surface area contributed by atoms with E-state index in [1.165, 1.54) is 49.9 Å². The molecule has 0 N–H and O–H groups in total. The summed E-state index contributed by atoms with van der Waals surface area (Å²) in [5.74, 6) is 2.07. The van der Waals surface area contributed by atoms with Gasteiger partial charge in [-0.2, -0.15) is 6.07 Å². The minimum Gasteiger partial charge on any atom is -0.509 e. The summed E-state index contributed by atoms with van der Waals surface area (Å²) in [5, 5.41) is 2.36. The summed E-state index contributed by atoms with van der Waals surface area (Å²) in [6, 6.07) is 58.2. The molecule has 0 spiro atoms. The first-order valence-electron chi connectivity index (χ1n) is 25.0. The molecule has 7 aromatic carbocycles. The normalized spacial score (nSPS) is 13.4. The molecule has 10 aromatic rings. The second kappa shape index (κ2) is 17.6. The summed E-state index contributed by atoms with van der Waals surface area (Å²) in [4.78, 5) is 9.58. The fourth-order valence-corrected chi connectivity index (χ4v) is 10.3. The molecule has 4 heterocycles. The first kappa shape index (κ1) is 49.0. The molecule has 0 fully saturated rings. The van der Waals surface area contributed by atoms with E-state index >= 15 is 0 Å². The molecule has 0 saturated carbocycles. The van der Waals surface area contributed by atoms with Gasteiger partial charge in [-0.25, -0.2) is 4.98 Å². The largest absolute Gasteiger partial charge is 0.509 e. The monoisotopic (exact) mass is 1130 g/mol. The van der Waals surface area contributed by atoms with Crippen LogP contribution in [0.1, 0.15) is 105 Å². The second-order valence-corrected chi connectivity index (χ2v) is 23.6. The van der Waals surface area contributed by atoms with Crippen molar-refractivity contribution in [2.24, 2.45) is 7.05 Å². The van der Waals surface area contributed by atoms with Crippen LogP contribution < -0.4 is 14.5 Å². The number of nitrogens with zero attached hydrogens (tertiary/aromatic N) is 5. The molecule has 0 bridgehead atoms. The number of pyridine rings is 1. The average molecular weight is 1130 g/mol. The summed E-state index contributed by atoms with van der Waals surface area (Å²) in [6.45, 7) is 29.8. The fourth-order valence-electron chi connectivity index (χ4n) is 10.3. The summed E-state index contributed by atoms with van der Waals surface area (Å²) in [5.41, 5.74) is 18.0. The van der Waals surface area contributed by atoms with Gasteiger partial charge in [0.05, 0.1) is 0 Å². The Morgan fingerprint density at radius 3 is 1.72 bits per heavy atom. The molecule has 0 aliphatic carbocycles. The molecule has 3 aromatic heterocycles. The molecule has 7 heteroatoms. The third-order valence-corrected chi connectivity index (χ3v) is 14.4. The number of para-hydroxylation sites is 2. The van der Waals surface area contributed by atoms with Crippen molar-refractivity contribution in [2.45, 2.75) is 105 Å². The standard InChI is InChI=1S/C65H64N5O.Pt/c1-62(2,3)43-29-30-66-58(36-43)70-55-28-20-27-54-59(55)60-56(67(54)13)38-49(39-57(60)70)71-48-24-19-23-47(37-48)68-40-69(53-26-18-17-25-52(53)68)61-50(41-21-15-14-16-22-41)34-46(65(10,11)12)35-51(61)42-31-44(63(4,5)6)33-45(32-42)64(7,8)9;/h14-36,38,40H,1-13H3;/q-3;. The van der Waals surface area contributed by atoms with E-state index in [1.54, 1.807) is 0 Å². The van der Waals surface area contributed by atoms with Gasteiger partial charge in [-0.05, 0) is 109 Å². The Morgan fingerprint density at radius 2 is 1.07 bits per heavy atom. The van der Waals surface area contributed by atoms with Gasteiger partial charge in [-0.15, -0.1) is 42.7 Å². The van der Waals surface area contributed by atoms with Crippen molar-refractivity contribution in [3.05, 3.63) is 187 Å². The summed E-state index contributed by atoms with van der Waals surface area (Å²) in [6.07, 6.45) is 1.92. The maximum absolute atomic E-state index is 6.88. The molecular weight excluding hydrogens is 1060 g/mol. The van der Waals surface area contributed by atoms with Gasteiger partial charge in [0.15, 0.2) is 0 Å². The van der Waals surface area contributed by atoms with Crippen LogP contribution in [0.2, 0.25) is 0 Å². The van der Waals surface area contributed by atoms with E-state index in [0.29, 0.717) is 11.5 Å². The molecule has 0 unspecified atom stereocenters.